The average molecular weight is 231 g/mol. The minimum Gasteiger partial charge on any atom is -0.313 e. The maximum Gasteiger partial charge on any atom is 0.0531 e. The smallest absolute Gasteiger partial charge is 0.0531 e. The molecular formula is C17H13N. The molecule has 1 aromatic heterocycles. The van der Waals surface area contributed by atoms with E-state index < -0.39 is 0 Å². The first-order valence-corrected chi connectivity index (χ1v) is 5.98. The molecule has 0 saturated carbocycles. The Labute approximate surface area is 107 Å². The second kappa shape index (κ2) is 4.43. The maximum atomic E-state index is 5.47. The van der Waals surface area contributed by atoms with E-state index in [1.807, 2.05) is 18.2 Å². The molecule has 2 aromatic carbocycles. The fourth-order valence-corrected chi connectivity index (χ4v) is 2.33. The summed E-state index contributed by atoms with van der Waals surface area (Å²) in [5.41, 5.74) is 3.52. The molecular weight excluding hydrogens is 218 g/mol. The van der Waals surface area contributed by atoms with Crippen LogP contribution in [-0.2, 0) is 6.42 Å². The highest BCUT2D eigenvalue weighted by Gasteiger charge is 2.08. The van der Waals surface area contributed by atoms with Crippen LogP contribution in [0.5, 0.6) is 0 Å². The van der Waals surface area contributed by atoms with Crippen LogP contribution < -0.4 is 0 Å². The third kappa shape index (κ3) is 1.69. The summed E-state index contributed by atoms with van der Waals surface area (Å²) in [6.45, 7) is 0. The topological polar surface area (TPSA) is 4.93 Å². The molecule has 0 aliphatic carbocycles. The van der Waals surface area contributed by atoms with Gasteiger partial charge in [0.1, 0.15) is 0 Å². The Morgan fingerprint density at radius 1 is 0.944 bits per heavy atom. The van der Waals surface area contributed by atoms with Gasteiger partial charge in [0, 0.05) is 23.2 Å². The van der Waals surface area contributed by atoms with Crippen LogP contribution >= 0.6 is 0 Å². The number of benzene rings is 2. The van der Waals surface area contributed by atoms with Gasteiger partial charge in [-0.25, -0.2) is 0 Å². The van der Waals surface area contributed by atoms with Crippen molar-refractivity contribution in [1.82, 2.24) is 4.57 Å². The number of nitrogens with zero attached hydrogens (tertiary/aromatic N) is 1. The van der Waals surface area contributed by atoms with Gasteiger partial charge < -0.3 is 4.57 Å². The van der Waals surface area contributed by atoms with Gasteiger partial charge in [-0.2, -0.15) is 0 Å². The molecule has 0 aliphatic rings. The molecule has 0 aliphatic heterocycles. The zero-order chi connectivity index (χ0) is 12.4. The fraction of sp³-hybridized carbons (Fsp3) is 0.0588. The molecule has 0 radical (unpaired) electrons. The zero-order valence-electron chi connectivity index (χ0n) is 10.0. The van der Waals surface area contributed by atoms with Crippen LogP contribution in [0.25, 0.3) is 16.6 Å². The lowest BCUT2D eigenvalue weighted by Gasteiger charge is -2.09. The molecule has 0 N–H and O–H groups in total. The lowest BCUT2D eigenvalue weighted by Crippen LogP contribution is -1.98. The molecule has 18 heavy (non-hydrogen) atoms. The molecule has 0 saturated heterocycles. The molecule has 3 rings (SSSR count). The molecule has 0 fully saturated rings. The van der Waals surface area contributed by atoms with Gasteiger partial charge in [0.05, 0.1) is 5.52 Å². The second-order valence-electron chi connectivity index (χ2n) is 4.25. The van der Waals surface area contributed by atoms with Crippen molar-refractivity contribution in [2.45, 2.75) is 6.42 Å². The van der Waals surface area contributed by atoms with Gasteiger partial charge in [0.25, 0.3) is 0 Å². The van der Waals surface area contributed by atoms with Crippen LogP contribution in [0.1, 0.15) is 5.69 Å². The van der Waals surface area contributed by atoms with E-state index >= 15 is 0 Å². The Balaban J connectivity index is 2.32. The van der Waals surface area contributed by atoms with Crippen molar-refractivity contribution in [2.24, 2.45) is 0 Å². The van der Waals surface area contributed by atoms with E-state index in [1.54, 1.807) is 0 Å². The van der Waals surface area contributed by atoms with Gasteiger partial charge in [-0.3, -0.25) is 0 Å². The number of fused-ring (bicyclic) bond motifs is 1. The van der Waals surface area contributed by atoms with E-state index in [0.29, 0.717) is 6.42 Å². The molecule has 1 nitrogen and oxygen atoms in total. The van der Waals surface area contributed by atoms with Crippen molar-refractivity contribution >= 4 is 10.9 Å². The monoisotopic (exact) mass is 231 g/mol. The highest BCUT2D eigenvalue weighted by Crippen LogP contribution is 2.24. The first-order valence-electron chi connectivity index (χ1n) is 5.98. The lowest BCUT2D eigenvalue weighted by atomic mass is 10.2. The summed E-state index contributed by atoms with van der Waals surface area (Å²) in [6.07, 6.45) is 6.11. The minimum absolute atomic E-state index is 0.642. The van der Waals surface area contributed by atoms with E-state index in [-0.39, 0.29) is 0 Å². The molecule has 0 spiro atoms. The molecule has 1 heterocycles. The average Bonchev–Trinajstić information content (AvgIpc) is 2.78. The Bertz CT molecular complexity index is 714. The first-order chi connectivity index (χ1) is 8.90. The van der Waals surface area contributed by atoms with Gasteiger partial charge in [0.15, 0.2) is 0 Å². The second-order valence-corrected chi connectivity index (χ2v) is 4.25. The van der Waals surface area contributed by atoms with Gasteiger partial charge in [-0.1, -0.05) is 36.4 Å². The summed E-state index contributed by atoms with van der Waals surface area (Å²) in [5.74, 6) is 2.73. The molecule has 0 amide bonds. The van der Waals surface area contributed by atoms with Crippen molar-refractivity contribution < 1.29 is 0 Å². The molecule has 1 heteroatoms. The predicted octanol–water partition coefficient (Wildman–Crippen LogP) is 3.81. The van der Waals surface area contributed by atoms with E-state index in [0.717, 1.165) is 11.4 Å². The van der Waals surface area contributed by atoms with Crippen LogP contribution in [0.2, 0.25) is 0 Å². The summed E-state index contributed by atoms with van der Waals surface area (Å²) in [5, 5.41) is 1.23. The first kappa shape index (κ1) is 10.7. The number of para-hydroxylation sites is 2. The van der Waals surface area contributed by atoms with E-state index in [4.69, 9.17) is 6.42 Å². The van der Waals surface area contributed by atoms with Crippen LogP contribution in [0.3, 0.4) is 0 Å². The number of hydrogen-bond acceptors (Lipinski definition) is 0. The van der Waals surface area contributed by atoms with E-state index in [9.17, 15) is 0 Å². The Kier molecular flexibility index (Phi) is 2.63. The summed E-state index contributed by atoms with van der Waals surface area (Å²) >= 11 is 0. The number of terminal acetylenes is 1. The predicted molar refractivity (Wildman–Crippen MR) is 75.8 cm³/mol. The van der Waals surface area contributed by atoms with Crippen molar-refractivity contribution in [1.29, 1.82) is 0 Å². The SMILES string of the molecule is C#CCc1cc2ccccc2n1-c1ccccc1. The summed E-state index contributed by atoms with van der Waals surface area (Å²) in [7, 11) is 0. The standard InChI is InChI=1S/C17H13N/c1-2-8-16-13-14-9-6-7-12-17(14)18(16)15-10-4-3-5-11-15/h1,3-7,9-13H,8H2. The van der Waals surface area contributed by atoms with Crippen molar-refractivity contribution in [3.05, 3.63) is 66.4 Å². The van der Waals surface area contributed by atoms with Gasteiger partial charge in [0.2, 0.25) is 0 Å². The van der Waals surface area contributed by atoms with Gasteiger partial charge >= 0.3 is 0 Å². The van der Waals surface area contributed by atoms with Crippen molar-refractivity contribution in [2.75, 3.05) is 0 Å². The lowest BCUT2D eigenvalue weighted by molar-refractivity contribution is 1.02. The quantitative estimate of drug-likeness (QED) is 0.591. The van der Waals surface area contributed by atoms with E-state index in [2.05, 4.69) is 53.0 Å². The molecule has 0 unspecified atom stereocenters. The maximum absolute atomic E-state index is 5.47. The third-order valence-electron chi connectivity index (χ3n) is 3.08. The number of aromatic nitrogens is 1. The van der Waals surface area contributed by atoms with Crippen molar-refractivity contribution in [3.63, 3.8) is 0 Å². The highest BCUT2D eigenvalue weighted by molar-refractivity contribution is 5.83. The van der Waals surface area contributed by atoms with Gasteiger partial charge in [-0.05, 0) is 24.3 Å². The van der Waals surface area contributed by atoms with E-state index in [1.165, 1.54) is 10.9 Å². The minimum atomic E-state index is 0.642. The highest BCUT2D eigenvalue weighted by atomic mass is 15.0. The third-order valence-corrected chi connectivity index (χ3v) is 3.08. The Morgan fingerprint density at radius 2 is 1.67 bits per heavy atom. The Morgan fingerprint density at radius 3 is 2.44 bits per heavy atom. The van der Waals surface area contributed by atoms with Crippen LogP contribution in [0.15, 0.2) is 60.7 Å². The zero-order valence-corrected chi connectivity index (χ0v) is 10.0. The molecule has 86 valence electrons. The molecule has 0 atom stereocenters. The molecule has 3 aromatic rings. The largest absolute Gasteiger partial charge is 0.313 e. The summed E-state index contributed by atoms with van der Waals surface area (Å²) < 4.78 is 2.23. The van der Waals surface area contributed by atoms with Crippen molar-refractivity contribution in [3.8, 4) is 18.0 Å². The Hall–Kier alpha value is -2.46. The van der Waals surface area contributed by atoms with Gasteiger partial charge in [-0.15, -0.1) is 12.3 Å². The number of hydrogen-bond donors (Lipinski definition) is 0. The van der Waals surface area contributed by atoms with Crippen LogP contribution in [-0.4, -0.2) is 4.57 Å². The summed E-state index contributed by atoms with van der Waals surface area (Å²) in [6, 6.07) is 20.8. The number of rotatable bonds is 2. The normalized spacial score (nSPS) is 10.4. The molecule has 0 bridgehead atoms. The van der Waals surface area contributed by atoms with Crippen LogP contribution in [0.4, 0.5) is 0 Å². The summed E-state index contributed by atoms with van der Waals surface area (Å²) in [4.78, 5) is 0. The fourth-order valence-electron chi connectivity index (χ4n) is 2.33. The van der Waals surface area contributed by atoms with Crippen LogP contribution in [0, 0.1) is 12.3 Å².